The average molecular weight is 375 g/mol. The molecule has 9 heteroatoms. The fourth-order valence-corrected chi connectivity index (χ4v) is 2.88. The van der Waals surface area contributed by atoms with E-state index in [0.717, 1.165) is 44.2 Å². The van der Waals surface area contributed by atoms with Gasteiger partial charge in [0, 0.05) is 19.0 Å². The minimum absolute atomic E-state index is 0.00663. The van der Waals surface area contributed by atoms with E-state index < -0.39 is 29.3 Å². The molecule has 2 rings (SSSR count). The monoisotopic (exact) mass is 375 g/mol. The lowest BCUT2D eigenvalue weighted by Crippen LogP contribution is -2.39. The summed E-state index contributed by atoms with van der Waals surface area (Å²) in [6.07, 6.45) is 0.327. The summed E-state index contributed by atoms with van der Waals surface area (Å²) in [6, 6.07) is 1.54. The third kappa shape index (κ3) is 5.89. The molecule has 0 aliphatic heterocycles. The van der Waals surface area contributed by atoms with Crippen molar-refractivity contribution in [2.45, 2.75) is 50.7 Å². The molecule has 0 aromatic heterocycles. The van der Waals surface area contributed by atoms with Crippen molar-refractivity contribution in [3.05, 3.63) is 29.6 Å². The third-order valence-corrected chi connectivity index (χ3v) is 4.17. The highest BCUT2D eigenvalue weighted by atomic mass is 19.4. The van der Waals surface area contributed by atoms with Crippen molar-refractivity contribution < 1.29 is 27.2 Å². The number of urea groups is 1. The van der Waals surface area contributed by atoms with Gasteiger partial charge in [0.25, 0.3) is 0 Å². The molecular weight excluding hydrogens is 354 g/mol. The molecule has 0 atom stereocenters. The molecule has 1 saturated carbocycles. The molecule has 1 aromatic rings. The van der Waals surface area contributed by atoms with Crippen molar-refractivity contribution in [2.24, 2.45) is 0 Å². The Bertz CT molecular complexity index is 643. The predicted molar refractivity (Wildman–Crippen MR) is 88.1 cm³/mol. The van der Waals surface area contributed by atoms with Crippen LogP contribution < -0.4 is 16.0 Å². The summed E-state index contributed by atoms with van der Waals surface area (Å²) >= 11 is 0. The van der Waals surface area contributed by atoms with Gasteiger partial charge in [-0.3, -0.25) is 4.79 Å². The zero-order valence-corrected chi connectivity index (χ0v) is 14.1. The van der Waals surface area contributed by atoms with Crippen LogP contribution >= 0.6 is 0 Å². The molecule has 1 aliphatic rings. The highest BCUT2D eigenvalue weighted by Gasteiger charge is 2.35. The van der Waals surface area contributed by atoms with Gasteiger partial charge in [-0.2, -0.15) is 13.2 Å². The fourth-order valence-electron chi connectivity index (χ4n) is 2.88. The second kappa shape index (κ2) is 8.86. The van der Waals surface area contributed by atoms with Crippen LogP contribution in [0.3, 0.4) is 0 Å². The first-order valence-electron chi connectivity index (χ1n) is 8.47. The van der Waals surface area contributed by atoms with Gasteiger partial charge in [0.1, 0.15) is 5.82 Å². The standard InChI is InChI=1S/C17H21F4N3O2/c18-13-8-4-7-12(17(19,20)21)15(13)24-16(26)22-10-9-14(25)23-11-5-2-1-3-6-11/h4,7-8,11H,1-3,5-6,9-10H2,(H,23,25)(H2,22,24,26). The van der Waals surface area contributed by atoms with Crippen LogP contribution in [-0.2, 0) is 11.0 Å². The van der Waals surface area contributed by atoms with Crippen LogP contribution in [0.2, 0.25) is 0 Å². The van der Waals surface area contributed by atoms with E-state index in [1.54, 1.807) is 0 Å². The molecule has 0 spiro atoms. The van der Waals surface area contributed by atoms with E-state index >= 15 is 0 Å². The Balaban J connectivity index is 1.81. The van der Waals surface area contributed by atoms with Gasteiger partial charge in [-0.15, -0.1) is 0 Å². The van der Waals surface area contributed by atoms with Crippen molar-refractivity contribution in [1.82, 2.24) is 10.6 Å². The topological polar surface area (TPSA) is 70.2 Å². The van der Waals surface area contributed by atoms with Crippen molar-refractivity contribution in [3.63, 3.8) is 0 Å². The SMILES string of the molecule is O=C(CCNC(=O)Nc1c(F)cccc1C(F)(F)F)NC1CCCCC1. The quantitative estimate of drug-likeness (QED) is 0.685. The Kier molecular flexibility index (Phi) is 6.82. The zero-order valence-electron chi connectivity index (χ0n) is 14.1. The number of amides is 3. The van der Waals surface area contributed by atoms with E-state index in [9.17, 15) is 27.2 Å². The van der Waals surface area contributed by atoms with E-state index in [1.807, 2.05) is 5.32 Å². The van der Waals surface area contributed by atoms with E-state index in [4.69, 9.17) is 0 Å². The first kappa shape index (κ1) is 20.0. The Morgan fingerprint density at radius 3 is 2.46 bits per heavy atom. The van der Waals surface area contributed by atoms with Gasteiger partial charge in [-0.1, -0.05) is 25.3 Å². The number of nitrogens with one attached hydrogen (secondary N) is 3. The molecule has 1 aliphatic carbocycles. The maximum atomic E-state index is 13.6. The molecule has 26 heavy (non-hydrogen) atoms. The van der Waals surface area contributed by atoms with E-state index in [1.165, 1.54) is 0 Å². The van der Waals surface area contributed by atoms with Crippen LogP contribution in [0.25, 0.3) is 0 Å². The van der Waals surface area contributed by atoms with Crippen LogP contribution in [0.4, 0.5) is 28.0 Å². The summed E-state index contributed by atoms with van der Waals surface area (Å²) in [6.45, 7) is -0.0693. The molecule has 0 bridgehead atoms. The van der Waals surface area contributed by atoms with Gasteiger partial charge in [-0.05, 0) is 25.0 Å². The maximum Gasteiger partial charge on any atom is 0.418 e. The minimum Gasteiger partial charge on any atom is -0.353 e. The summed E-state index contributed by atoms with van der Waals surface area (Å²) in [5.74, 6) is -1.43. The van der Waals surface area contributed by atoms with Crippen molar-refractivity contribution in [3.8, 4) is 0 Å². The Hall–Kier alpha value is -2.32. The molecular formula is C17H21F4N3O2. The second-order valence-electron chi connectivity index (χ2n) is 6.19. The number of hydrogen-bond acceptors (Lipinski definition) is 2. The first-order chi connectivity index (χ1) is 12.3. The third-order valence-electron chi connectivity index (χ3n) is 4.17. The van der Waals surface area contributed by atoms with Gasteiger partial charge in [0.15, 0.2) is 0 Å². The highest BCUT2D eigenvalue weighted by Crippen LogP contribution is 2.36. The van der Waals surface area contributed by atoms with Gasteiger partial charge >= 0.3 is 12.2 Å². The number of carbonyl (C=O) groups is 2. The lowest BCUT2D eigenvalue weighted by Gasteiger charge is -2.22. The first-order valence-corrected chi connectivity index (χ1v) is 8.47. The largest absolute Gasteiger partial charge is 0.418 e. The van der Waals surface area contributed by atoms with Crippen molar-refractivity contribution in [1.29, 1.82) is 0 Å². The van der Waals surface area contributed by atoms with Crippen LogP contribution in [0.5, 0.6) is 0 Å². The lowest BCUT2D eigenvalue weighted by molar-refractivity contribution is -0.137. The van der Waals surface area contributed by atoms with Gasteiger partial charge < -0.3 is 16.0 Å². The average Bonchev–Trinajstić information content (AvgIpc) is 2.56. The second-order valence-corrected chi connectivity index (χ2v) is 6.19. The van der Waals surface area contributed by atoms with E-state index in [2.05, 4.69) is 10.6 Å². The maximum absolute atomic E-state index is 13.6. The Morgan fingerprint density at radius 2 is 1.81 bits per heavy atom. The summed E-state index contributed by atoms with van der Waals surface area (Å²) in [5.41, 5.74) is -2.22. The lowest BCUT2D eigenvalue weighted by atomic mass is 9.95. The molecule has 1 fully saturated rings. The molecule has 3 N–H and O–H groups in total. The molecule has 0 saturated heterocycles. The molecule has 144 valence electrons. The molecule has 0 unspecified atom stereocenters. The highest BCUT2D eigenvalue weighted by molar-refractivity contribution is 5.90. The number of rotatable bonds is 5. The predicted octanol–water partition coefficient (Wildman–Crippen LogP) is 3.81. The van der Waals surface area contributed by atoms with E-state index in [-0.39, 0.29) is 24.9 Å². The van der Waals surface area contributed by atoms with Crippen LogP contribution in [-0.4, -0.2) is 24.5 Å². The number of anilines is 1. The number of alkyl halides is 3. The molecule has 5 nitrogen and oxygen atoms in total. The van der Waals surface area contributed by atoms with E-state index in [0.29, 0.717) is 6.07 Å². The van der Waals surface area contributed by atoms with Gasteiger partial charge in [0.2, 0.25) is 5.91 Å². The van der Waals surface area contributed by atoms with Crippen LogP contribution in [0, 0.1) is 5.82 Å². The molecule has 0 heterocycles. The number of halogens is 4. The summed E-state index contributed by atoms with van der Waals surface area (Å²) in [4.78, 5) is 23.5. The number of carbonyl (C=O) groups excluding carboxylic acids is 2. The Labute approximate surface area is 148 Å². The minimum atomic E-state index is -4.80. The summed E-state index contributed by atoms with van der Waals surface area (Å²) < 4.78 is 52.2. The van der Waals surface area contributed by atoms with Crippen molar-refractivity contribution >= 4 is 17.6 Å². The van der Waals surface area contributed by atoms with Crippen molar-refractivity contribution in [2.75, 3.05) is 11.9 Å². The Morgan fingerprint density at radius 1 is 1.12 bits per heavy atom. The molecule has 0 radical (unpaired) electrons. The fraction of sp³-hybridized carbons (Fsp3) is 0.529. The van der Waals surface area contributed by atoms with Crippen LogP contribution in [0.15, 0.2) is 18.2 Å². The normalized spacial score (nSPS) is 15.4. The van der Waals surface area contributed by atoms with Gasteiger partial charge in [0.05, 0.1) is 11.3 Å². The van der Waals surface area contributed by atoms with Gasteiger partial charge in [-0.25, -0.2) is 9.18 Å². The molecule has 3 amide bonds. The molecule has 1 aromatic carbocycles. The summed E-state index contributed by atoms with van der Waals surface area (Å²) in [7, 11) is 0. The number of hydrogen-bond donors (Lipinski definition) is 3. The number of para-hydroxylation sites is 1. The van der Waals surface area contributed by atoms with Crippen LogP contribution in [0.1, 0.15) is 44.1 Å². The number of benzene rings is 1. The smallest absolute Gasteiger partial charge is 0.353 e. The zero-order chi connectivity index (χ0) is 19.2. The summed E-state index contributed by atoms with van der Waals surface area (Å²) in [5, 5.41) is 6.99.